The smallest absolute Gasteiger partial charge is 0.410 e. The fourth-order valence-electron chi connectivity index (χ4n) is 2.30. The van der Waals surface area contributed by atoms with E-state index in [1.54, 1.807) is 11.1 Å². The Hall–Kier alpha value is -1.23. The predicted molar refractivity (Wildman–Crippen MR) is 73.2 cm³/mol. The number of rotatable bonds is 1. The standard InChI is InChI=1S/C13H20ClN3O2/c1-5-9-11-15-8-10(14)17(11)7-6-16(9)12(18)19-13(2,3)4/h8-9H,5-7H2,1-4H3. The van der Waals surface area contributed by atoms with Crippen LogP contribution in [0.25, 0.3) is 0 Å². The predicted octanol–water partition coefficient (Wildman–Crippen LogP) is 3.24. The molecule has 0 aromatic carbocycles. The Morgan fingerprint density at radius 2 is 2.21 bits per heavy atom. The van der Waals surface area contributed by atoms with Gasteiger partial charge >= 0.3 is 6.09 Å². The van der Waals surface area contributed by atoms with Gasteiger partial charge in [-0.3, -0.25) is 4.90 Å². The molecular formula is C13H20ClN3O2. The highest BCUT2D eigenvalue weighted by molar-refractivity contribution is 6.29. The molecule has 5 nitrogen and oxygen atoms in total. The molecule has 1 atom stereocenters. The summed E-state index contributed by atoms with van der Waals surface area (Å²) in [6.07, 6.45) is 2.13. The first-order valence-corrected chi connectivity index (χ1v) is 6.92. The number of imidazole rings is 1. The third-order valence-corrected chi connectivity index (χ3v) is 3.39. The largest absolute Gasteiger partial charge is 0.444 e. The minimum absolute atomic E-state index is 0.0731. The van der Waals surface area contributed by atoms with Gasteiger partial charge in [-0.05, 0) is 27.2 Å². The maximum absolute atomic E-state index is 12.2. The molecule has 0 spiro atoms. The molecular weight excluding hydrogens is 266 g/mol. The number of carbonyl (C=O) groups is 1. The molecule has 0 saturated carbocycles. The summed E-state index contributed by atoms with van der Waals surface area (Å²) in [6, 6.07) is -0.0731. The maximum Gasteiger partial charge on any atom is 0.410 e. The third kappa shape index (κ3) is 2.86. The van der Waals surface area contributed by atoms with Crippen molar-refractivity contribution in [2.24, 2.45) is 0 Å². The van der Waals surface area contributed by atoms with E-state index in [4.69, 9.17) is 16.3 Å². The molecule has 6 heteroatoms. The number of aromatic nitrogens is 2. The number of hydrogen-bond acceptors (Lipinski definition) is 3. The molecule has 1 unspecified atom stereocenters. The highest BCUT2D eigenvalue weighted by Crippen LogP contribution is 2.31. The van der Waals surface area contributed by atoms with Crippen molar-refractivity contribution in [1.29, 1.82) is 0 Å². The fraction of sp³-hybridized carbons (Fsp3) is 0.692. The molecule has 0 N–H and O–H groups in total. The van der Waals surface area contributed by atoms with Gasteiger partial charge in [0.2, 0.25) is 0 Å². The zero-order valence-electron chi connectivity index (χ0n) is 11.8. The van der Waals surface area contributed by atoms with Crippen molar-refractivity contribution in [2.45, 2.75) is 52.3 Å². The van der Waals surface area contributed by atoms with E-state index in [0.29, 0.717) is 18.2 Å². The lowest BCUT2D eigenvalue weighted by Gasteiger charge is -2.36. The molecule has 0 fully saturated rings. The number of carbonyl (C=O) groups excluding carboxylic acids is 1. The third-order valence-electron chi connectivity index (χ3n) is 3.09. The molecule has 1 aromatic heterocycles. The Labute approximate surface area is 118 Å². The summed E-state index contributed by atoms with van der Waals surface area (Å²) < 4.78 is 7.40. The van der Waals surface area contributed by atoms with Crippen LogP contribution in [-0.2, 0) is 11.3 Å². The van der Waals surface area contributed by atoms with Crippen LogP contribution in [0.3, 0.4) is 0 Å². The Morgan fingerprint density at radius 3 is 2.79 bits per heavy atom. The number of fused-ring (bicyclic) bond motifs is 1. The molecule has 106 valence electrons. The first-order valence-electron chi connectivity index (χ1n) is 6.54. The number of amides is 1. The Kier molecular flexibility index (Phi) is 3.76. The van der Waals surface area contributed by atoms with Gasteiger partial charge in [0.05, 0.1) is 12.2 Å². The number of ether oxygens (including phenoxy) is 1. The summed E-state index contributed by atoms with van der Waals surface area (Å²) >= 11 is 6.08. The van der Waals surface area contributed by atoms with Gasteiger partial charge in [0.25, 0.3) is 0 Å². The lowest BCUT2D eigenvalue weighted by atomic mass is 10.1. The van der Waals surface area contributed by atoms with Crippen molar-refractivity contribution in [2.75, 3.05) is 6.54 Å². The monoisotopic (exact) mass is 285 g/mol. The molecule has 0 saturated heterocycles. The van der Waals surface area contributed by atoms with Crippen LogP contribution in [-0.4, -0.2) is 32.7 Å². The van der Waals surface area contributed by atoms with Gasteiger partial charge in [0.15, 0.2) is 0 Å². The summed E-state index contributed by atoms with van der Waals surface area (Å²) in [5.41, 5.74) is -0.486. The van der Waals surface area contributed by atoms with Crippen molar-refractivity contribution < 1.29 is 9.53 Å². The van der Waals surface area contributed by atoms with Crippen LogP contribution in [0.4, 0.5) is 4.79 Å². The van der Waals surface area contributed by atoms with Gasteiger partial charge in [-0.15, -0.1) is 0 Å². The summed E-state index contributed by atoms with van der Waals surface area (Å²) in [5, 5.41) is 0.622. The summed E-state index contributed by atoms with van der Waals surface area (Å²) in [4.78, 5) is 18.3. The van der Waals surface area contributed by atoms with Crippen molar-refractivity contribution in [3.8, 4) is 0 Å². The zero-order chi connectivity index (χ0) is 14.2. The molecule has 0 radical (unpaired) electrons. The van der Waals surface area contributed by atoms with Crippen molar-refractivity contribution in [3.05, 3.63) is 17.2 Å². The first kappa shape index (κ1) is 14.2. The van der Waals surface area contributed by atoms with Gasteiger partial charge in [0, 0.05) is 13.1 Å². The Bertz CT molecular complexity index is 479. The number of nitrogens with zero attached hydrogens (tertiary/aromatic N) is 3. The summed E-state index contributed by atoms with van der Waals surface area (Å²) in [5.74, 6) is 0.838. The van der Waals surface area contributed by atoms with E-state index < -0.39 is 5.60 Å². The molecule has 1 aliphatic rings. The highest BCUT2D eigenvalue weighted by Gasteiger charge is 2.34. The van der Waals surface area contributed by atoms with E-state index >= 15 is 0 Å². The van der Waals surface area contributed by atoms with E-state index in [-0.39, 0.29) is 12.1 Å². The molecule has 2 rings (SSSR count). The highest BCUT2D eigenvalue weighted by atomic mass is 35.5. The van der Waals surface area contributed by atoms with E-state index in [9.17, 15) is 4.79 Å². The van der Waals surface area contributed by atoms with Crippen molar-refractivity contribution >= 4 is 17.7 Å². The second kappa shape index (κ2) is 5.04. The SMILES string of the molecule is CCC1c2ncc(Cl)n2CCN1C(=O)OC(C)(C)C. The van der Waals surface area contributed by atoms with Crippen LogP contribution in [0.15, 0.2) is 6.20 Å². The van der Waals surface area contributed by atoms with E-state index in [2.05, 4.69) is 4.98 Å². The zero-order valence-corrected chi connectivity index (χ0v) is 12.6. The van der Waals surface area contributed by atoms with E-state index in [0.717, 1.165) is 12.2 Å². The topological polar surface area (TPSA) is 47.4 Å². The van der Waals surface area contributed by atoms with E-state index in [1.807, 2.05) is 32.3 Å². The summed E-state index contributed by atoms with van der Waals surface area (Å²) in [7, 11) is 0. The van der Waals surface area contributed by atoms with Crippen LogP contribution >= 0.6 is 11.6 Å². The second-order valence-electron chi connectivity index (χ2n) is 5.69. The fourth-order valence-corrected chi connectivity index (χ4v) is 2.52. The lowest BCUT2D eigenvalue weighted by Crippen LogP contribution is -2.44. The van der Waals surface area contributed by atoms with Crippen molar-refractivity contribution in [1.82, 2.24) is 14.5 Å². The minimum atomic E-state index is -0.486. The van der Waals surface area contributed by atoms with Gasteiger partial charge in [-0.2, -0.15) is 0 Å². The molecule has 0 bridgehead atoms. The molecule has 1 aromatic rings. The Balaban J connectivity index is 2.22. The summed E-state index contributed by atoms with van der Waals surface area (Å²) in [6.45, 7) is 8.88. The van der Waals surface area contributed by atoms with Crippen LogP contribution in [0, 0.1) is 0 Å². The lowest BCUT2D eigenvalue weighted by molar-refractivity contribution is 0.00947. The average molecular weight is 286 g/mol. The second-order valence-corrected chi connectivity index (χ2v) is 6.08. The maximum atomic E-state index is 12.2. The first-order chi connectivity index (χ1) is 8.83. The van der Waals surface area contributed by atoms with Gasteiger partial charge in [-0.25, -0.2) is 9.78 Å². The quantitative estimate of drug-likeness (QED) is 0.796. The Morgan fingerprint density at radius 1 is 1.53 bits per heavy atom. The molecule has 1 amide bonds. The van der Waals surface area contributed by atoms with Crippen LogP contribution in [0.1, 0.15) is 46.0 Å². The minimum Gasteiger partial charge on any atom is -0.444 e. The van der Waals surface area contributed by atoms with Gasteiger partial charge in [-0.1, -0.05) is 18.5 Å². The van der Waals surface area contributed by atoms with Crippen LogP contribution in [0.2, 0.25) is 5.15 Å². The molecule has 1 aliphatic heterocycles. The normalized spacial score (nSPS) is 19.2. The van der Waals surface area contributed by atoms with Crippen LogP contribution in [0.5, 0.6) is 0 Å². The molecule has 2 heterocycles. The van der Waals surface area contributed by atoms with Gasteiger partial charge in [0.1, 0.15) is 16.6 Å². The molecule has 0 aliphatic carbocycles. The molecule has 19 heavy (non-hydrogen) atoms. The number of hydrogen-bond donors (Lipinski definition) is 0. The number of halogens is 1. The van der Waals surface area contributed by atoms with E-state index in [1.165, 1.54) is 0 Å². The van der Waals surface area contributed by atoms with Crippen molar-refractivity contribution in [3.63, 3.8) is 0 Å². The van der Waals surface area contributed by atoms with Crippen LogP contribution < -0.4 is 0 Å². The average Bonchev–Trinajstić information content (AvgIpc) is 2.68. The van der Waals surface area contributed by atoms with Gasteiger partial charge < -0.3 is 9.30 Å².